The Balaban J connectivity index is 0.00000113. The molecule has 0 aromatic heterocycles. The summed E-state index contributed by atoms with van der Waals surface area (Å²) in [7, 11) is 8.47. The molecule has 0 radical (unpaired) electrons. The summed E-state index contributed by atoms with van der Waals surface area (Å²) < 4.78 is 0. The van der Waals surface area contributed by atoms with Crippen molar-refractivity contribution < 1.29 is 20.8 Å². The first-order chi connectivity index (χ1) is 20.3. The summed E-state index contributed by atoms with van der Waals surface area (Å²) >= 11 is -0.826. The van der Waals surface area contributed by atoms with Gasteiger partial charge in [0.1, 0.15) is 0 Å². The molecule has 4 heteroatoms. The second-order valence-corrected chi connectivity index (χ2v) is 24.3. The first kappa shape index (κ1) is 41.3. The van der Waals surface area contributed by atoms with E-state index in [0.717, 1.165) is 46.6 Å². The zero-order chi connectivity index (χ0) is 29.7. The average molecular weight is 749 g/mol. The van der Waals surface area contributed by atoms with E-state index in [1.54, 1.807) is 36.8 Å². The molecule has 0 saturated heterocycles. The number of hydrogen-bond acceptors (Lipinski definition) is 0. The van der Waals surface area contributed by atoms with Gasteiger partial charge in [-0.3, -0.25) is 0 Å². The third kappa shape index (κ3) is 9.64. The summed E-state index contributed by atoms with van der Waals surface area (Å²) in [5.41, 5.74) is 5.30. The first-order valence-corrected chi connectivity index (χ1v) is 26.9. The molecule has 0 heterocycles. The summed E-state index contributed by atoms with van der Waals surface area (Å²) in [6.45, 7) is 10.9. The van der Waals surface area contributed by atoms with Gasteiger partial charge in [0.05, 0.1) is 8.07 Å². The minimum atomic E-state index is -1.40. The molecule has 4 aliphatic rings. The zero-order valence-electron chi connectivity index (χ0n) is 28.8. The van der Waals surface area contributed by atoms with Crippen LogP contribution in [0.1, 0.15) is 121 Å². The van der Waals surface area contributed by atoms with E-state index >= 15 is 0 Å². The molecule has 0 N–H and O–H groups in total. The maximum absolute atomic E-state index is 4.93. The molecule has 0 aliphatic heterocycles. The van der Waals surface area contributed by atoms with Gasteiger partial charge in [-0.05, 0) is 108 Å². The van der Waals surface area contributed by atoms with Gasteiger partial charge in [0, 0.05) is 0 Å². The van der Waals surface area contributed by atoms with E-state index in [1.165, 1.54) is 51.4 Å². The van der Waals surface area contributed by atoms with Crippen molar-refractivity contribution in [3.63, 3.8) is 0 Å². The number of fused-ring (bicyclic) bond motifs is 2. The van der Waals surface area contributed by atoms with Crippen molar-refractivity contribution >= 4 is 25.1 Å². The van der Waals surface area contributed by atoms with Gasteiger partial charge < -0.3 is 14.9 Å². The topological polar surface area (TPSA) is 0 Å². The van der Waals surface area contributed by atoms with E-state index in [9.17, 15) is 0 Å². The molecule has 45 heavy (non-hydrogen) atoms. The van der Waals surface area contributed by atoms with E-state index in [-0.39, 0.29) is 22.3 Å². The molecule has 0 bridgehead atoms. The molecule has 10 atom stereocenters. The zero-order valence-corrected chi connectivity index (χ0v) is 33.8. The quantitative estimate of drug-likeness (QED) is 0.186. The van der Waals surface area contributed by atoms with Gasteiger partial charge in [-0.15, -0.1) is 0 Å². The second-order valence-electron chi connectivity index (χ2n) is 15.4. The number of benzene rings is 2. The molecule has 2 aromatic carbocycles. The van der Waals surface area contributed by atoms with Crippen molar-refractivity contribution in [2.45, 2.75) is 134 Å². The van der Waals surface area contributed by atoms with E-state index in [1.807, 2.05) is 0 Å². The number of rotatable bonds is 8. The van der Waals surface area contributed by atoms with Crippen LogP contribution in [-0.4, -0.2) is 8.07 Å². The van der Waals surface area contributed by atoms with Gasteiger partial charge in [-0.1, -0.05) is 134 Å². The van der Waals surface area contributed by atoms with Gasteiger partial charge in [-0.2, -0.15) is 0 Å². The summed E-state index contributed by atoms with van der Waals surface area (Å²) in [5.74, 6) is 7.52. The van der Waals surface area contributed by atoms with Crippen molar-refractivity contribution in [3.8, 4) is 0 Å². The maximum atomic E-state index is 4.93. The van der Waals surface area contributed by atoms with E-state index in [4.69, 9.17) is 17.0 Å². The summed E-state index contributed by atoms with van der Waals surface area (Å²) in [4.78, 5) is 0. The van der Waals surface area contributed by atoms with Crippen LogP contribution in [-0.2, 0) is 20.8 Å². The molecule has 4 aliphatic carbocycles. The van der Waals surface area contributed by atoms with Crippen LogP contribution >= 0.6 is 17.0 Å². The predicted octanol–water partition coefficient (Wildman–Crippen LogP) is 14.4. The SMILES string of the molecule is C.CC(CC1CC([Si](C)(C)C2CC(CC(C)c3ccccc3)C3CCCCC32)C2CCCCC12)c1ccccc1.[CH3-].[CH3-].[Cl][Zr+2][Cl]. The van der Waals surface area contributed by atoms with Crippen molar-refractivity contribution in [1.29, 1.82) is 0 Å². The molecule has 0 amide bonds. The Morgan fingerprint density at radius 2 is 0.933 bits per heavy atom. The van der Waals surface area contributed by atoms with Gasteiger partial charge in [0.25, 0.3) is 0 Å². The van der Waals surface area contributed by atoms with Crippen molar-refractivity contribution in [3.05, 3.63) is 86.6 Å². The van der Waals surface area contributed by atoms with Gasteiger partial charge >= 0.3 is 37.9 Å². The van der Waals surface area contributed by atoms with Gasteiger partial charge in [-0.25, -0.2) is 0 Å². The van der Waals surface area contributed by atoms with Crippen molar-refractivity contribution in [2.24, 2.45) is 35.5 Å². The van der Waals surface area contributed by atoms with Crippen molar-refractivity contribution in [1.82, 2.24) is 0 Å². The summed E-state index contributed by atoms with van der Waals surface area (Å²) in [6.07, 6.45) is 18.2. The van der Waals surface area contributed by atoms with E-state index < -0.39 is 28.9 Å². The molecule has 6 rings (SSSR count). The van der Waals surface area contributed by atoms with Crippen LogP contribution in [0.15, 0.2) is 60.7 Å². The Morgan fingerprint density at radius 3 is 1.27 bits per heavy atom. The Morgan fingerprint density at radius 1 is 0.622 bits per heavy atom. The second kappa shape index (κ2) is 19.3. The van der Waals surface area contributed by atoms with E-state index in [2.05, 4.69) is 87.6 Å². The molecule has 252 valence electrons. The molecular weight excluding hydrogens is 683 g/mol. The number of halogens is 2. The fraction of sp³-hybridized carbons (Fsp3) is 0.659. The van der Waals surface area contributed by atoms with Crippen LogP contribution in [0.5, 0.6) is 0 Å². The van der Waals surface area contributed by atoms with Crippen LogP contribution in [0.4, 0.5) is 0 Å². The standard InChI is InChI=1S/C38H56Si.CH4.2CH3.2ClH.Zr/c1-27(29-15-7-5-8-16-29)23-31-25-37(35-21-13-11-19-33(31)35)39(3,4)38-26-32(34-20-12-14-22-36(34)38)24-28(2)30-17-9-6-10-18-30;;;;;;/h5-10,15-18,27-28,31-38H,11-14,19-26H2,1-4H3;1H4;2*1H3;2*1H;/q;;2*-1;;;+4/p-2. The van der Waals surface area contributed by atoms with E-state index in [0.29, 0.717) is 11.8 Å². The third-order valence-corrected chi connectivity index (χ3v) is 18.2. The van der Waals surface area contributed by atoms with Crippen LogP contribution in [0.25, 0.3) is 0 Å². The molecule has 0 spiro atoms. The predicted molar refractivity (Wildman–Crippen MR) is 202 cm³/mol. The van der Waals surface area contributed by atoms with Gasteiger partial charge in [0.15, 0.2) is 0 Å². The Hall–Kier alpha value is 0.120. The van der Waals surface area contributed by atoms with Crippen LogP contribution < -0.4 is 0 Å². The Kier molecular flexibility index (Phi) is 17.8. The molecule has 2 aromatic rings. The molecular formula is C41H66Cl2SiZr. The summed E-state index contributed by atoms with van der Waals surface area (Å²) in [6, 6.07) is 22.9. The third-order valence-electron chi connectivity index (χ3n) is 13.1. The fourth-order valence-corrected chi connectivity index (χ4v) is 16.6. The molecule has 4 saturated carbocycles. The Bertz CT molecular complexity index is 994. The molecule has 0 nitrogen and oxygen atoms in total. The van der Waals surface area contributed by atoms with Crippen LogP contribution in [0, 0.1) is 50.4 Å². The van der Waals surface area contributed by atoms with Crippen LogP contribution in [0.3, 0.4) is 0 Å². The van der Waals surface area contributed by atoms with Gasteiger partial charge in [0.2, 0.25) is 0 Å². The monoisotopic (exact) mass is 746 g/mol. The van der Waals surface area contributed by atoms with Crippen LogP contribution in [0.2, 0.25) is 24.2 Å². The average Bonchev–Trinajstić information content (AvgIpc) is 3.58. The minimum absolute atomic E-state index is 0. The molecule has 10 unspecified atom stereocenters. The first-order valence-electron chi connectivity index (χ1n) is 17.4. The molecule has 4 fully saturated rings. The fourth-order valence-electron chi connectivity index (χ4n) is 11.2. The number of hydrogen-bond donors (Lipinski definition) is 0. The van der Waals surface area contributed by atoms with Crippen molar-refractivity contribution in [2.75, 3.05) is 0 Å². The Labute approximate surface area is 300 Å². The summed E-state index contributed by atoms with van der Waals surface area (Å²) in [5, 5.41) is 0. The normalized spacial score (nSPS) is 31.6.